The molecule has 1 aromatic heterocycles. The van der Waals surface area contributed by atoms with Gasteiger partial charge in [-0.1, -0.05) is 6.92 Å². The smallest absolute Gasteiger partial charge is 0.354 e. The van der Waals surface area contributed by atoms with Crippen LogP contribution in [0.15, 0.2) is 17.2 Å². The molecule has 1 atom stereocenters. The first-order valence-electron chi connectivity index (χ1n) is 7.25. The second-order valence-electron chi connectivity index (χ2n) is 5.19. The number of aryl methyl sites for hydroxylation is 1. The Balaban J connectivity index is 2.66. The Kier molecular flexibility index (Phi) is 6.77. The van der Waals surface area contributed by atoms with Gasteiger partial charge in [0.1, 0.15) is 10.6 Å². The zero-order valence-electron chi connectivity index (χ0n) is 13.8. The van der Waals surface area contributed by atoms with Crippen LogP contribution in [-0.2, 0) is 26.6 Å². The molecule has 1 aromatic rings. The second-order valence-corrected chi connectivity index (χ2v) is 6.96. The van der Waals surface area contributed by atoms with Crippen LogP contribution in [-0.4, -0.2) is 44.6 Å². The van der Waals surface area contributed by atoms with Crippen LogP contribution in [0.3, 0.4) is 0 Å². The van der Waals surface area contributed by atoms with E-state index in [1.54, 1.807) is 7.05 Å². The Labute approximate surface area is 136 Å². The van der Waals surface area contributed by atoms with Gasteiger partial charge in [0.05, 0.1) is 7.11 Å². The molecule has 0 saturated carbocycles. The van der Waals surface area contributed by atoms with Crippen molar-refractivity contribution in [1.82, 2.24) is 14.6 Å². The van der Waals surface area contributed by atoms with E-state index >= 15 is 0 Å². The molecule has 0 fully saturated rings. The van der Waals surface area contributed by atoms with Crippen molar-refractivity contribution in [2.75, 3.05) is 13.7 Å². The Bertz CT molecular complexity index is 666. The first-order chi connectivity index (χ1) is 10.7. The zero-order valence-corrected chi connectivity index (χ0v) is 14.6. The van der Waals surface area contributed by atoms with E-state index in [4.69, 9.17) is 0 Å². The van der Waals surface area contributed by atoms with E-state index in [2.05, 4.69) is 14.8 Å². The monoisotopic (exact) mass is 345 g/mol. The number of nitrogens with zero attached hydrogens (tertiary/aromatic N) is 1. The number of carbonyl (C=O) groups is 2. The van der Waals surface area contributed by atoms with Crippen LogP contribution in [0.2, 0.25) is 0 Å². The summed E-state index contributed by atoms with van der Waals surface area (Å²) in [5.74, 6) is -0.841. The Morgan fingerprint density at radius 3 is 2.61 bits per heavy atom. The van der Waals surface area contributed by atoms with Crippen molar-refractivity contribution in [3.05, 3.63) is 18.0 Å². The van der Waals surface area contributed by atoms with Gasteiger partial charge in [-0.2, -0.15) is 0 Å². The number of methoxy groups -OCH3 is 1. The van der Waals surface area contributed by atoms with Gasteiger partial charge in [-0.3, -0.25) is 4.79 Å². The summed E-state index contributed by atoms with van der Waals surface area (Å²) in [5.41, 5.74) is 0.127. The van der Waals surface area contributed by atoms with E-state index in [1.165, 1.54) is 23.9 Å². The summed E-state index contributed by atoms with van der Waals surface area (Å²) in [6, 6.07) is 1.28. The lowest BCUT2D eigenvalue weighted by Crippen LogP contribution is -2.35. The fraction of sp³-hybridized carbons (Fsp3) is 0.571. The molecule has 9 heteroatoms. The predicted octanol–water partition coefficient (Wildman–Crippen LogP) is 0.395. The third kappa shape index (κ3) is 5.36. The van der Waals surface area contributed by atoms with Crippen LogP contribution < -0.4 is 10.0 Å². The van der Waals surface area contributed by atoms with E-state index in [-0.39, 0.29) is 35.5 Å². The molecule has 23 heavy (non-hydrogen) atoms. The number of aromatic nitrogens is 1. The molecular weight excluding hydrogens is 322 g/mol. The summed E-state index contributed by atoms with van der Waals surface area (Å²) in [6.07, 6.45) is 2.16. The molecule has 1 rings (SSSR count). The number of carbonyl (C=O) groups excluding carboxylic acids is 2. The van der Waals surface area contributed by atoms with Crippen molar-refractivity contribution in [1.29, 1.82) is 0 Å². The van der Waals surface area contributed by atoms with Gasteiger partial charge in [0, 0.05) is 32.3 Å². The molecule has 2 N–H and O–H groups in total. The number of amides is 1. The molecule has 0 saturated heterocycles. The molecule has 0 aliphatic rings. The molecule has 0 bridgehead atoms. The molecule has 1 heterocycles. The van der Waals surface area contributed by atoms with Crippen molar-refractivity contribution >= 4 is 21.9 Å². The Morgan fingerprint density at radius 1 is 1.39 bits per heavy atom. The van der Waals surface area contributed by atoms with Crippen LogP contribution >= 0.6 is 0 Å². The van der Waals surface area contributed by atoms with E-state index in [9.17, 15) is 18.0 Å². The third-order valence-electron chi connectivity index (χ3n) is 3.35. The van der Waals surface area contributed by atoms with Gasteiger partial charge in [0.2, 0.25) is 15.9 Å². The molecule has 1 amide bonds. The number of ether oxygens (including phenoxy) is 1. The Morgan fingerprint density at radius 2 is 2.04 bits per heavy atom. The molecule has 0 aliphatic carbocycles. The third-order valence-corrected chi connectivity index (χ3v) is 4.78. The molecule has 0 radical (unpaired) electrons. The van der Waals surface area contributed by atoms with Crippen molar-refractivity contribution in [2.24, 2.45) is 7.05 Å². The van der Waals surface area contributed by atoms with E-state index in [1.807, 2.05) is 13.8 Å². The first kappa shape index (κ1) is 19.2. The number of esters is 1. The zero-order chi connectivity index (χ0) is 17.6. The minimum Gasteiger partial charge on any atom is -0.464 e. The molecule has 0 aliphatic heterocycles. The van der Waals surface area contributed by atoms with Gasteiger partial charge in [-0.05, 0) is 19.4 Å². The number of nitrogens with one attached hydrogen (secondary N) is 2. The lowest BCUT2D eigenvalue weighted by molar-refractivity contribution is -0.121. The van der Waals surface area contributed by atoms with Gasteiger partial charge in [0.15, 0.2) is 0 Å². The molecule has 130 valence electrons. The second kappa shape index (κ2) is 8.11. The van der Waals surface area contributed by atoms with Crippen molar-refractivity contribution in [3.8, 4) is 0 Å². The predicted molar refractivity (Wildman–Crippen MR) is 84.5 cm³/mol. The summed E-state index contributed by atoms with van der Waals surface area (Å²) in [7, 11) is -1.03. The summed E-state index contributed by atoms with van der Waals surface area (Å²) < 4.78 is 32.6. The highest BCUT2D eigenvalue weighted by Crippen LogP contribution is 2.14. The highest BCUT2D eigenvalue weighted by molar-refractivity contribution is 7.89. The maximum atomic E-state index is 12.2. The maximum Gasteiger partial charge on any atom is 0.354 e. The van der Waals surface area contributed by atoms with Gasteiger partial charge < -0.3 is 14.6 Å². The van der Waals surface area contributed by atoms with E-state index in [0.29, 0.717) is 0 Å². The minimum atomic E-state index is -3.79. The Hall–Kier alpha value is -1.87. The van der Waals surface area contributed by atoms with Gasteiger partial charge in [0.25, 0.3) is 0 Å². The number of rotatable bonds is 8. The molecule has 0 spiro atoms. The fourth-order valence-corrected chi connectivity index (χ4v) is 2.92. The molecule has 0 aromatic carbocycles. The summed E-state index contributed by atoms with van der Waals surface area (Å²) >= 11 is 0. The number of sulfonamides is 1. The summed E-state index contributed by atoms with van der Waals surface area (Å²) in [5, 5.41) is 2.75. The quantitative estimate of drug-likeness (QED) is 0.663. The topological polar surface area (TPSA) is 106 Å². The van der Waals surface area contributed by atoms with Crippen LogP contribution in [0, 0.1) is 0 Å². The summed E-state index contributed by atoms with van der Waals surface area (Å²) in [4.78, 5) is 23.1. The largest absolute Gasteiger partial charge is 0.464 e. The maximum absolute atomic E-state index is 12.2. The number of hydrogen-bond donors (Lipinski definition) is 2. The van der Waals surface area contributed by atoms with Crippen molar-refractivity contribution in [2.45, 2.75) is 37.6 Å². The lowest BCUT2D eigenvalue weighted by atomic mass is 10.2. The molecular formula is C14H23N3O5S. The van der Waals surface area contributed by atoms with E-state index in [0.717, 1.165) is 6.42 Å². The average molecular weight is 345 g/mol. The van der Waals surface area contributed by atoms with Crippen LogP contribution in [0.1, 0.15) is 37.2 Å². The number of hydrogen-bond acceptors (Lipinski definition) is 5. The summed E-state index contributed by atoms with van der Waals surface area (Å²) in [6.45, 7) is 3.80. The van der Waals surface area contributed by atoms with Gasteiger partial charge in [-0.25, -0.2) is 17.9 Å². The van der Waals surface area contributed by atoms with Crippen molar-refractivity contribution in [3.63, 3.8) is 0 Å². The highest BCUT2D eigenvalue weighted by atomic mass is 32.2. The molecule has 8 nitrogen and oxygen atoms in total. The van der Waals surface area contributed by atoms with Crippen LogP contribution in [0.25, 0.3) is 0 Å². The first-order valence-corrected chi connectivity index (χ1v) is 8.73. The van der Waals surface area contributed by atoms with Gasteiger partial charge in [-0.15, -0.1) is 0 Å². The average Bonchev–Trinajstić information content (AvgIpc) is 2.88. The van der Waals surface area contributed by atoms with Crippen LogP contribution in [0.5, 0.6) is 0 Å². The highest BCUT2D eigenvalue weighted by Gasteiger charge is 2.20. The van der Waals surface area contributed by atoms with E-state index < -0.39 is 16.0 Å². The van der Waals surface area contributed by atoms with Crippen molar-refractivity contribution < 1.29 is 22.7 Å². The normalized spacial score (nSPS) is 12.7. The SMILES string of the molecule is CC[C@H](C)NC(=O)CCNS(=O)(=O)c1cc(C(=O)OC)n(C)c1. The standard InChI is InChI=1S/C14H23N3O5S/c1-5-10(2)16-13(18)6-7-15-23(20,21)11-8-12(14(19)22-4)17(3)9-11/h8-10,15H,5-7H2,1-4H3,(H,16,18)/t10-/m0/s1. The van der Waals surface area contributed by atoms with Gasteiger partial charge >= 0.3 is 5.97 Å². The molecule has 0 unspecified atom stereocenters. The lowest BCUT2D eigenvalue weighted by Gasteiger charge is -2.11. The minimum absolute atomic E-state index is 0.0208. The van der Waals surface area contributed by atoms with Crippen LogP contribution in [0.4, 0.5) is 0 Å². The fourth-order valence-electron chi connectivity index (χ4n) is 1.82.